The van der Waals surface area contributed by atoms with Gasteiger partial charge in [-0.3, -0.25) is 4.98 Å². The van der Waals surface area contributed by atoms with Crippen LogP contribution in [0.1, 0.15) is 0 Å². The summed E-state index contributed by atoms with van der Waals surface area (Å²) in [4.78, 5) is 4.01. The van der Waals surface area contributed by atoms with Crippen LogP contribution < -0.4 is 5.32 Å². The van der Waals surface area contributed by atoms with Crippen molar-refractivity contribution in [3.8, 4) is 0 Å². The number of nitrogens with zero attached hydrogens (tertiary/aromatic N) is 1. The van der Waals surface area contributed by atoms with E-state index < -0.39 is 0 Å². The molecule has 0 radical (unpaired) electrons. The molecule has 0 aliphatic carbocycles. The lowest BCUT2D eigenvalue weighted by Crippen LogP contribution is -1.89. The lowest BCUT2D eigenvalue weighted by Gasteiger charge is -2.04. The number of nitrogens with one attached hydrogen (secondary N) is 1. The van der Waals surface area contributed by atoms with Crippen LogP contribution in [0.25, 0.3) is 0 Å². The first-order valence-electron chi connectivity index (χ1n) is 4.27. The molecule has 0 amide bonds. The highest BCUT2D eigenvalue weighted by Gasteiger charge is 1.93. The largest absolute Gasteiger partial charge is 0.354 e. The van der Waals surface area contributed by atoms with Crippen LogP contribution in [0.3, 0.4) is 0 Å². The van der Waals surface area contributed by atoms with Crippen molar-refractivity contribution in [2.24, 2.45) is 0 Å². The van der Waals surface area contributed by atoms with E-state index in [1.165, 1.54) is 0 Å². The molecule has 3 heteroatoms. The van der Waals surface area contributed by atoms with Crippen molar-refractivity contribution in [3.63, 3.8) is 0 Å². The summed E-state index contributed by atoms with van der Waals surface area (Å²) in [6.45, 7) is 0. The number of aromatic nitrogens is 1. The quantitative estimate of drug-likeness (QED) is 0.810. The van der Waals surface area contributed by atoms with Gasteiger partial charge in [0, 0.05) is 16.9 Å². The van der Waals surface area contributed by atoms with E-state index in [4.69, 9.17) is 11.6 Å². The van der Waals surface area contributed by atoms with E-state index in [1.807, 2.05) is 36.4 Å². The molecule has 14 heavy (non-hydrogen) atoms. The van der Waals surface area contributed by atoms with E-state index in [2.05, 4.69) is 10.3 Å². The van der Waals surface area contributed by atoms with Crippen LogP contribution in [0, 0.1) is 0 Å². The summed E-state index contributed by atoms with van der Waals surface area (Å²) in [5.41, 5.74) is 1.97. The second kappa shape index (κ2) is 4.11. The minimum absolute atomic E-state index is 0.738. The van der Waals surface area contributed by atoms with E-state index in [-0.39, 0.29) is 0 Å². The standard InChI is InChI=1S/C11H9ClN2/c12-9-3-5-10(6-4-9)14-11-2-1-7-13-8-11/h1-8,14H. The summed E-state index contributed by atoms with van der Waals surface area (Å²) in [5, 5.41) is 3.95. The number of benzene rings is 1. The van der Waals surface area contributed by atoms with Crippen LogP contribution in [0.4, 0.5) is 11.4 Å². The Morgan fingerprint density at radius 1 is 1.00 bits per heavy atom. The van der Waals surface area contributed by atoms with Gasteiger partial charge in [-0.25, -0.2) is 0 Å². The van der Waals surface area contributed by atoms with Gasteiger partial charge in [0.2, 0.25) is 0 Å². The molecule has 1 heterocycles. The van der Waals surface area contributed by atoms with Gasteiger partial charge < -0.3 is 5.32 Å². The molecule has 2 nitrogen and oxygen atoms in total. The molecule has 1 aromatic heterocycles. The first-order chi connectivity index (χ1) is 6.84. The second-order valence-electron chi connectivity index (χ2n) is 2.87. The topological polar surface area (TPSA) is 24.9 Å². The number of pyridine rings is 1. The molecule has 70 valence electrons. The minimum Gasteiger partial charge on any atom is -0.354 e. The third-order valence-electron chi connectivity index (χ3n) is 1.79. The fraction of sp³-hybridized carbons (Fsp3) is 0. The lowest BCUT2D eigenvalue weighted by atomic mass is 10.3. The van der Waals surface area contributed by atoms with Gasteiger partial charge in [-0.05, 0) is 36.4 Å². The summed E-state index contributed by atoms with van der Waals surface area (Å²) < 4.78 is 0. The van der Waals surface area contributed by atoms with Crippen LogP contribution in [0.15, 0.2) is 48.8 Å². The van der Waals surface area contributed by atoms with Crippen molar-refractivity contribution in [3.05, 3.63) is 53.8 Å². The maximum Gasteiger partial charge on any atom is 0.0570 e. The third kappa shape index (κ3) is 2.24. The third-order valence-corrected chi connectivity index (χ3v) is 2.05. The summed E-state index contributed by atoms with van der Waals surface area (Å²) in [6, 6.07) is 11.4. The van der Waals surface area contributed by atoms with Gasteiger partial charge in [0.05, 0.1) is 11.9 Å². The Morgan fingerprint density at radius 3 is 2.43 bits per heavy atom. The maximum atomic E-state index is 5.77. The molecule has 0 atom stereocenters. The van der Waals surface area contributed by atoms with Gasteiger partial charge in [0.25, 0.3) is 0 Å². The Labute approximate surface area is 87.6 Å². The fourth-order valence-electron chi connectivity index (χ4n) is 1.14. The van der Waals surface area contributed by atoms with Crippen molar-refractivity contribution >= 4 is 23.0 Å². The Bertz CT molecular complexity index is 397. The zero-order valence-electron chi connectivity index (χ0n) is 7.44. The van der Waals surface area contributed by atoms with Gasteiger partial charge in [0.1, 0.15) is 0 Å². The van der Waals surface area contributed by atoms with Gasteiger partial charge >= 0.3 is 0 Å². The Balaban J connectivity index is 2.16. The number of hydrogen-bond acceptors (Lipinski definition) is 2. The molecule has 0 bridgehead atoms. The Kier molecular flexibility index (Phi) is 2.65. The highest BCUT2D eigenvalue weighted by molar-refractivity contribution is 6.30. The number of hydrogen-bond donors (Lipinski definition) is 1. The molecule has 2 aromatic rings. The highest BCUT2D eigenvalue weighted by Crippen LogP contribution is 2.17. The summed E-state index contributed by atoms with van der Waals surface area (Å²) in [6.07, 6.45) is 3.52. The van der Waals surface area contributed by atoms with E-state index in [9.17, 15) is 0 Å². The van der Waals surface area contributed by atoms with Crippen LogP contribution >= 0.6 is 11.6 Å². The molecular weight excluding hydrogens is 196 g/mol. The van der Waals surface area contributed by atoms with Crippen LogP contribution in [-0.2, 0) is 0 Å². The second-order valence-corrected chi connectivity index (χ2v) is 3.31. The van der Waals surface area contributed by atoms with Crippen molar-refractivity contribution in [1.29, 1.82) is 0 Å². The molecule has 0 aliphatic rings. The van der Waals surface area contributed by atoms with Crippen molar-refractivity contribution in [2.45, 2.75) is 0 Å². The SMILES string of the molecule is Clc1ccc(Nc2cccnc2)cc1. The van der Waals surface area contributed by atoms with Gasteiger partial charge in [-0.2, -0.15) is 0 Å². The average molecular weight is 205 g/mol. The molecular formula is C11H9ClN2. The first-order valence-corrected chi connectivity index (χ1v) is 4.65. The summed E-state index contributed by atoms with van der Waals surface area (Å²) in [7, 11) is 0. The maximum absolute atomic E-state index is 5.77. The number of rotatable bonds is 2. The van der Waals surface area contributed by atoms with E-state index in [1.54, 1.807) is 12.4 Å². The lowest BCUT2D eigenvalue weighted by molar-refractivity contribution is 1.32. The predicted molar refractivity (Wildman–Crippen MR) is 59.0 cm³/mol. The molecule has 1 N–H and O–H groups in total. The van der Waals surface area contributed by atoms with E-state index in [0.29, 0.717) is 0 Å². The zero-order chi connectivity index (χ0) is 9.80. The summed E-state index contributed by atoms with van der Waals surface area (Å²) in [5.74, 6) is 0. The Hall–Kier alpha value is -1.54. The normalized spacial score (nSPS) is 9.79. The number of anilines is 2. The van der Waals surface area contributed by atoms with Crippen molar-refractivity contribution < 1.29 is 0 Å². The molecule has 0 aliphatic heterocycles. The predicted octanol–water partition coefficient (Wildman–Crippen LogP) is 3.48. The average Bonchev–Trinajstić information content (AvgIpc) is 2.23. The molecule has 0 saturated carbocycles. The minimum atomic E-state index is 0.738. The fourth-order valence-corrected chi connectivity index (χ4v) is 1.26. The Morgan fingerprint density at radius 2 is 1.79 bits per heavy atom. The summed E-state index contributed by atoms with van der Waals surface area (Å²) >= 11 is 5.77. The molecule has 2 rings (SSSR count). The smallest absolute Gasteiger partial charge is 0.0570 e. The van der Waals surface area contributed by atoms with E-state index in [0.717, 1.165) is 16.4 Å². The van der Waals surface area contributed by atoms with Gasteiger partial charge in [-0.1, -0.05) is 11.6 Å². The van der Waals surface area contributed by atoms with E-state index >= 15 is 0 Å². The molecule has 0 saturated heterocycles. The molecule has 1 aromatic carbocycles. The monoisotopic (exact) mass is 204 g/mol. The van der Waals surface area contributed by atoms with Crippen LogP contribution in [0.5, 0.6) is 0 Å². The van der Waals surface area contributed by atoms with Gasteiger partial charge in [-0.15, -0.1) is 0 Å². The van der Waals surface area contributed by atoms with Crippen LogP contribution in [-0.4, -0.2) is 4.98 Å². The van der Waals surface area contributed by atoms with Gasteiger partial charge in [0.15, 0.2) is 0 Å². The highest BCUT2D eigenvalue weighted by atomic mass is 35.5. The van der Waals surface area contributed by atoms with Crippen molar-refractivity contribution in [2.75, 3.05) is 5.32 Å². The molecule has 0 unspecified atom stereocenters. The zero-order valence-corrected chi connectivity index (χ0v) is 8.20. The first kappa shape index (κ1) is 9.03. The van der Waals surface area contributed by atoms with Crippen molar-refractivity contribution in [1.82, 2.24) is 4.98 Å². The molecule has 0 fully saturated rings. The number of halogens is 1. The molecule has 0 spiro atoms. The van der Waals surface area contributed by atoms with Crippen LogP contribution in [0.2, 0.25) is 5.02 Å².